The molecular formula is C9H9N5O3. The van der Waals surface area contributed by atoms with Crippen LogP contribution >= 0.6 is 0 Å². The van der Waals surface area contributed by atoms with Crippen molar-refractivity contribution in [1.82, 2.24) is 25.2 Å². The van der Waals surface area contributed by atoms with E-state index in [2.05, 4.69) is 20.5 Å². The maximum absolute atomic E-state index is 11.7. The number of carboxylic acid groups (broad SMARTS) is 1. The van der Waals surface area contributed by atoms with Gasteiger partial charge in [-0.25, -0.2) is 4.68 Å². The van der Waals surface area contributed by atoms with Crippen molar-refractivity contribution in [3.63, 3.8) is 0 Å². The molecule has 0 fully saturated rings. The summed E-state index contributed by atoms with van der Waals surface area (Å²) in [7, 11) is 0. The van der Waals surface area contributed by atoms with E-state index < -0.39 is 12.5 Å². The van der Waals surface area contributed by atoms with E-state index in [9.17, 15) is 9.59 Å². The van der Waals surface area contributed by atoms with Crippen LogP contribution < -0.4 is 5.43 Å². The number of aromatic amines is 1. The van der Waals surface area contributed by atoms with Crippen molar-refractivity contribution in [1.29, 1.82) is 0 Å². The standard InChI is InChI=1S/C9H9N5O3/c1-5-2-7(15)6(3-10-5)9-11-12-13-14(9)4-8(16)17/h2-3H,4H2,1H3,(H,10,15)(H,16,17). The molecule has 2 rings (SSSR count). The molecule has 0 saturated carbocycles. The molecule has 8 nitrogen and oxygen atoms in total. The normalized spacial score (nSPS) is 10.4. The Morgan fingerprint density at radius 1 is 1.59 bits per heavy atom. The number of H-pyrrole nitrogens is 1. The molecule has 88 valence electrons. The Morgan fingerprint density at radius 2 is 2.35 bits per heavy atom. The molecule has 0 bridgehead atoms. The van der Waals surface area contributed by atoms with Crippen LogP contribution in [-0.4, -0.2) is 36.3 Å². The summed E-state index contributed by atoms with van der Waals surface area (Å²) in [4.78, 5) is 25.1. The third-order valence-electron chi connectivity index (χ3n) is 2.12. The molecule has 0 aliphatic rings. The predicted octanol–water partition coefficient (Wildman–Crippen LogP) is -0.579. The molecule has 2 aromatic rings. The van der Waals surface area contributed by atoms with Gasteiger partial charge in [0.05, 0.1) is 5.56 Å². The predicted molar refractivity (Wildman–Crippen MR) is 56.2 cm³/mol. The second-order valence-corrected chi connectivity index (χ2v) is 3.45. The zero-order valence-electron chi connectivity index (χ0n) is 8.91. The highest BCUT2D eigenvalue weighted by molar-refractivity contribution is 5.67. The lowest BCUT2D eigenvalue weighted by Crippen LogP contribution is -2.15. The highest BCUT2D eigenvalue weighted by Crippen LogP contribution is 2.09. The van der Waals surface area contributed by atoms with Gasteiger partial charge in [-0.2, -0.15) is 0 Å². The van der Waals surface area contributed by atoms with E-state index in [-0.39, 0.29) is 16.8 Å². The van der Waals surface area contributed by atoms with Crippen molar-refractivity contribution >= 4 is 5.97 Å². The lowest BCUT2D eigenvalue weighted by atomic mass is 10.2. The average molecular weight is 235 g/mol. The number of nitrogens with zero attached hydrogens (tertiary/aromatic N) is 4. The van der Waals surface area contributed by atoms with Crippen molar-refractivity contribution < 1.29 is 9.90 Å². The Morgan fingerprint density at radius 3 is 3.00 bits per heavy atom. The first-order valence-corrected chi connectivity index (χ1v) is 4.75. The summed E-state index contributed by atoms with van der Waals surface area (Å²) >= 11 is 0. The Balaban J connectivity index is 2.50. The SMILES string of the molecule is Cc1cc(=O)c(-c2nnnn2CC(=O)O)c[nH]1. The number of rotatable bonds is 3. The van der Waals surface area contributed by atoms with Gasteiger partial charge < -0.3 is 10.1 Å². The minimum atomic E-state index is -1.08. The molecule has 0 atom stereocenters. The minimum Gasteiger partial charge on any atom is -0.480 e. The second-order valence-electron chi connectivity index (χ2n) is 3.45. The first-order chi connectivity index (χ1) is 8.08. The van der Waals surface area contributed by atoms with Gasteiger partial charge in [-0.1, -0.05) is 0 Å². The van der Waals surface area contributed by atoms with E-state index in [0.29, 0.717) is 5.69 Å². The van der Waals surface area contributed by atoms with Crippen LogP contribution in [0.4, 0.5) is 0 Å². The molecule has 0 aliphatic heterocycles. The van der Waals surface area contributed by atoms with Crippen LogP contribution in [0.25, 0.3) is 11.4 Å². The molecule has 0 saturated heterocycles. The van der Waals surface area contributed by atoms with Crippen LogP contribution in [0.15, 0.2) is 17.1 Å². The molecule has 0 radical (unpaired) electrons. The second kappa shape index (κ2) is 4.16. The Hall–Kier alpha value is -2.51. The number of hydrogen-bond donors (Lipinski definition) is 2. The number of aromatic nitrogens is 5. The van der Waals surface area contributed by atoms with Crippen molar-refractivity contribution in [2.24, 2.45) is 0 Å². The number of pyridine rings is 1. The molecule has 0 amide bonds. The fraction of sp³-hybridized carbons (Fsp3) is 0.222. The van der Waals surface area contributed by atoms with Crippen LogP contribution in [0.2, 0.25) is 0 Å². The minimum absolute atomic E-state index is 0.133. The topological polar surface area (TPSA) is 114 Å². The largest absolute Gasteiger partial charge is 0.480 e. The summed E-state index contributed by atoms with van der Waals surface area (Å²) in [5.41, 5.74) is 0.681. The monoisotopic (exact) mass is 235 g/mol. The molecule has 8 heteroatoms. The third kappa shape index (κ3) is 2.19. The number of aliphatic carboxylic acids is 1. The van der Waals surface area contributed by atoms with Crippen LogP contribution in [0, 0.1) is 6.92 Å². The van der Waals surface area contributed by atoms with Gasteiger partial charge in [-0.15, -0.1) is 5.10 Å². The Bertz CT molecular complexity index is 615. The van der Waals surface area contributed by atoms with Gasteiger partial charge in [-0.3, -0.25) is 9.59 Å². The van der Waals surface area contributed by atoms with Crippen molar-refractivity contribution in [3.05, 3.63) is 28.2 Å². The number of aryl methyl sites for hydroxylation is 1. The van der Waals surface area contributed by atoms with Gasteiger partial charge in [-0.05, 0) is 17.4 Å². The zero-order valence-corrected chi connectivity index (χ0v) is 8.91. The van der Waals surface area contributed by atoms with Gasteiger partial charge in [0.25, 0.3) is 0 Å². The van der Waals surface area contributed by atoms with E-state index in [4.69, 9.17) is 5.11 Å². The van der Waals surface area contributed by atoms with E-state index in [1.54, 1.807) is 6.92 Å². The fourth-order valence-corrected chi connectivity index (χ4v) is 1.38. The molecule has 0 spiro atoms. The highest BCUT2D eigenvalue weighted by Gasteiger charge is 2.14. The van der Waals surface area contributed by atoms with Crippen LogP contribution in [0.5, 0.6) is 0 Å². The van der Waals surface area contributed by atoms with Crippen molar-refractivity contribution in [2.45, 2.75) is 13.5 Å². The average Bonchev–Trinajstić information content (AvgIpc) is 2.65. The smallest absolute Gasteiger partial charge is 0.325 e. The number of nitrogens with one attached hydrogen (secondary N) is 1. The van der Waals surface area contributed by atoms with Crippen LogP contribution in [-0.2, 0) is 11.3 Å². The van der Waals surface area contributed by atoms with Gasteiger partial charge in [0.1, 0.15) is 6.54 Å². The summed E-state index contributed by atoms with van der Waals surface area (Å²) in [5, 5.41) is 19.2. The van der Waals surface area contributed by atoms with E-state index in [1.807, 2.05) is 0 Å². The fourth-order valence-electron chi connectivity index (χ4n) is 1.38. The lowest BCUT2D eigenvalue weighted by Gasteiger charge is -2.01. The summed E-state index contributed by atoms with van der Waals surface area (Å²) in [5.74, 6) is -0.948. The number of hydrogen-bond acceptors (Lipinski definition) is 5. The van der Waals surface area contributed by atoms with Gasteiger partial charge in [0.2, 0.25) is 0 Å². The highest BCUT2D eigenvalue weighted by atomic mass is 16.4. The molecule has 0 aromatic carbocycles. The van der Waals surface area contributed by atoms with Crippen LogP contribution in [0.1, 0.15) is 5.69 Å². The number of carbonyl (C=O) groups is 1. The molecule has 0 aliphatic carbocycles. The van der Waals surface area contributed by atoms with E-state index in [0.717, 1.165) is 4.68 Å². The Labute approximate surface area is 94.9 Å². The van der Waals surface area contributed by atoms with Gasteiger partial charge >= 0.3 is 5.97 Å². The van der Waals surface area contributed by atoms with Crippen LogP contribution in [0.3, 0.4) is 0 Å². The third-order valence-corrected chi connectivity index (χ3v) is 2.12. The quantitative estimate of drug-likeness (QED) is 0.735. The van der Waals surface area contributed by atoms with Crippen molar-refractivity contribution in [2.75, 3.05) is 0 Å². The van der Waals surface area contributed by atoms with Gasteiger partial charge in [0.15, 0.2) is 11.3 Å². The number of carboxylic acids is 1. The summed E-state index contributed by atoms with van der Waals surface area (Å²) in [6.07, 6.45) is 1.46. The molecule has 0 unspecified atom stereocenters. The molecule has 2 aromatic heterocycles. The first kappa shape index (κ1) is 11.0. The lowest BCUT2D eigenvalue weighted by molar-refractivity contribution is -0.137. The maximum atomic E-state index is 11.7. The molecule has 17 heavy (non-hydrogen) atoms. The van der Waals surface area contributed by atoms with E-state index in [1.165, 1.54) is 12.3 Å². The summed E-state index contributed by atoms with van der Waals surface area (Å²) in [6, 6.07) is 1.40. The molecule has 2 heterocycles. The molecular weight excluding hydrogens is 226 g/mol. The maximum Gasteiger partial charge on any atom is 0.325 e. The number of tetrazole rings is 1. The molecule has 2 N–H and O–H groups in total. The Kier molecular flexibility index (Phi) is 2.69. The summed E-state index contributed by atoms with van der Waals surface area (Å²) < 4.78 is 1.06. The summed E-state index contributed by atoms with van der Waals surface area (Å²) in [6.45, 7) is 1.35. The first-order valence-electron chi connectivity index (χ1n) is 4.75. The van der Waals surface area contributed by atoms with E-state index >= 15 is 0 Å². The van der Waals surface area contributed by atoms with Crippen molar-refractivity contribution in [3.8, 4) is 11.4 Å². The zero-order chi connectivity index (χ0) is 12.4. The van der Waals surface area contributed by atoms with Gasteiger partial charge in [0, 0.05) is 18.0 Å².